The summed E-state index contributed by atoms with van der Waals surface area (Å²) in [4.78, 5) is 13.2. The zero-order valence-electron chi connectivity index (χ0n) is 16.3. The van der Waals surface area contributed by atoms with Gasteiger partial charge in [-0.2, -0.15) is 5.10 Å². The Morgan fingerprint density at radius 1 is 1.38 bits per heavy atom. The van der Waals surface area contributed by atoms with Crippen molar-refractivity contribution in [1.82, 2.24) is 9.78 Å². The molecule has 3 heterocycles. The lowest BCUT2D eigenvalue weighted by Gasteiger charge is -2.36. The summed E-state index contributed by atoms with van der Waals surface area (Å²) in [5, 5.41) is 14.2. The Balaban J connectivity index is 1.57. The summed E-state index contributed by atoms with van der Waals surface area (Å²) in [7, 11) is 0. The van der Waals surface area contributed by atoms with Gasteiger partial charge in [-0.15, -0.1) is 0 Å². The average Bonchev–Trinajstić information content (AvgIpc) is 3.41. The summed E-state index contributed by atoms with van der Waals surface area (Å²) in [6, 6.07) is 4.02. The van der Waals surface area contributed by atoms with Crippen LogP contribution in [0, 0.1) is 0 Å². The summed E-state index contributed by atoms with van der Waals surface area (Å²) in [6.07, 6.45) is 6.41. The van der Waals surface area contributed by atoms with Crippen molar-refractivity contribution in [3.05, 3.63) is 30.1 Å². The Bertz CT molecular complexity index is 951. The molecule has 2 aromatic rings. The molecule has 154 valence electrons. The van der Waals surface area contributed by atoms with E-state index in [1.165, 1.54) is 4.90 Å². The van der Waals surface area contributed by atoms with E-state index in [2.05, 4.69) is 5.10 Å². The normalized spacial score (nSPS) is 22.7. The first-order valence-corrected chi connectivity index (χ1v) is 10.1. The van der Waals surface area contributed by atoms with Crippen molar-refractivity contribution < 1.29 is 23.8 Å². The number of ether oxygens (including phenoxy) is 2. The van der Waals surface area contributed by atoms with E-state index in [9.17, 15) is 14.3 Å². The van der Waals surface area contributed by atoms with Crippen molar-refractivity contribution in [2.75, 3.05) is 24.7 Å². The number of aromatic nitrogens is 2. The number of hydrogen-bond donors (Lipinski definition) is 1. The molecule has 5 rings (SSSR count). The number of nitrogens with zero attached hydrogens (tertiary/aromatic N) is 3. The molecule has 0 bridgehead atoms. The molecule has 29 heavy (non-hydrogen) atoms. The lowest BCUT2D eigenvalue weighted by Crippen LogP contribution is -2.50. The number of fused-ring (bicyclic) bond motifs is 1. The van der Waals surface area contributed by atoms with Gasteiger partial charge in [0.05, 0.1) is 31.1 Å². The molecule has 3 aliphatic rings. The van der Waals surface area contributed by atoms with E-state index in [0.29, 0.717) is 30.3 Å². The predicted molar refractivity (Wildman–Crippen MR) is 104 cm³/mol. The van der Waals surface area contributed by atoms with Gasteiger partial charge in [0.2, 0.25) is 0 Å². The summed E-state index contributed by atoms with van der Waals surface area (Å²) >= 11 is 0. The van der Waals surface area contributed by atoms with Crippen LogP contribution in [0.2, 0.25) is 0 Å². The molecule has 1 N–H and O–H groups in total. The van der Waals surface area contributed by atoms with Crippen LogP contribution >= 0.6 is 0 Å². The standard InChI is InChI=1S/C21H24FN3O4/c1-13-2-5-17-18(25(13)20(26)27)7-6-16(14-8-23-24(9-14)15-3-4-15)19(17)29-12-21(22)10-28-11-21/h6-9,13,15H,2-5,10-12H2,1H3,(H,26,27)/t13-/m0/s1. The summed E-state index contributed by atoms with van der Waals surface area (Å²) in [5.41, 5.74) is 1.65. The van der Waals surface area contributed by atoms with Crippen LogP contribution in [0.1, 0.15) is 37.8 Å². The maximum absolute atomic E-state index is 14.6. The number of carboxylic acid groups (broad SMARTS) is 1. The number of benzene rings is 1. The largest absolute Gasteiger partial charge is 0.489 e. The fraction of sp³-hybridized carbons (Fsp3) is 0.524. The zero-order valence-corrected chi connectivity index (χ0v) is 16.3. The second-order valence-electron chi connectivity index (χ2n) is 8.35. The number of hydrogen-bond acceptors (Lipinski definition) is 4. The zero-order chi connectivity index (χ0) is 20.2. The van der Waals surface area contributed by atoms with Crippen LogP contribution in [0.4, 0.5) is 14.9 Å². The van der Waals surface area contributed by atoms with E-state index in [4.69, 9.17) is 9.47 Å². The molecule has 1 aliphatic carbocycles. The summed E-state index contributed by atoms with van der Waals surface area (Å²) in [6.45, 7) is 1.83. The maximum atomic E-state index is 14.6. The monoisotopic (exact) mass is 401 g/mol. The molecule has 1 atom stereocenters. The highest BCUT2D eigenvalue weighted by molar-refractivity contribution is 5.91. The van der Waals surface area contributed by atoms with Crippen molar-refractivity contribution in [1.29, 1.82) is 0 Å². The highest BCUT2D eigenvalue weighted by Crippen LogP contribution is 2.44. The summed E-state index contributed by atoms with van der Waals surface area (Å²) < 4.78 is 27.6. The van der Waals surface area contributed by atoms with E-state index in [-0.39, 0.29) is 25.9 Å². The molecule has 7 nitrogen and oxygen atoms in total. The minimum atomic E-state index is -1.49. The van der Waals surface area contributed by atoms with E-state index < -0.39 is 11.8 Å². The number of rotatable bonds is 5. The first kappa shape index (κ1) is 18.4. The number of anilines is 1. The maximum Gasteiger partial charge on any atom is 0.412 e. The van der Waals surface area contributed by atoms with Gasteiger partial charge in [-0.3, -0.25) is 9.58 Å². The number of amides is 1. The van der Waals surface area contributed by atoms with Crippen LogP contribution < -0.4 is 9.64 Å². The Morgan fingerprint density at radius 2 is 2.17 bits per heavy atom. The van der Waals surface area contributed by atoms with Gasteiger partial charge in [-0.05, 0) is 44.7 Å². The van der Waals surface area contributed by atoms with Gasteiger partial charge in [0.1, 0.15) is 12.4 Å². The van der Waals surface area contributed by atoms with Gasteiger partial charge in [0.15, 0.2) is 5.67 Å². The predicted octanol–water partition coefficient (Wildman–Crippen LogP) is 3.82. The molecule has 2 fully saturated rings. The molecule has 1 saturated carbocycles. The van der Waals surface area contributed by atoms with E-state index in [1.807, 2.05) is 29.9 Å². The van der Waals surface area contributed by atoms with Gasteiger partial charge in [-0.1, -0.05) is 0 Å². The second kappa shape index (κ2) is 6.73. The first-order chi connectivity index (χ1) is 14.0. The van der Waals surface area contributed by atoms with Crippen LogP contribution in [0.5, 0.6) is 5.75 Å². The molecule has 0 spiro atoms. The van der Waals surface area contributed by atoms with Crippen LogP contribution in [0.25, 0.3) is 11.1 Å². The molecule has 1 aromatic heterocycles. The summed E-state index contributed by atoms with van der Waals surface area (Å²) in [5.74, 6) is 0.555. The SMILES string of the molecule is C[C@H]1CCc2c(ccc(-c3cnn(C4CC4)c3)c2OCC2(F)COC2)N1C(=O)O. The van der Waals surface area contributed by atoms with Crippen molar-refractivity contribution in [3.8, 4) is 16.9 Å². The van der Waals surface area contributed by atoms with Gasteiger partial charge >= 0.3 is 6.09 Å². The van der Waals surface area contributed by atoms with E-state index in [0.717, 1.165) is 29.5 Å². The van der Waals surface area contributed by atoms with Crippen molar-refractivity contribution >= 4 is 11.8 Å². The molecule has 2 aliphatic heterocycles. The van der Waals surface area contributed by atoms with Crippen LogP contribution in [0.15, 0.2) is 24.5 Å². The molecular formula is C21H24FN3O4. The van der Waals surface area contributed by atoms with E-state index in [1.54, 1.807) is 6.20 Å². The fourth-order valence-corrected chi connectivity index (χ4v) is 4.11. The Hall–Kier alpha value is -2.61. The molecule has 1 amide bonds. The van der Waals surface area contributed by atoms with Gasteiger partial charge in [0.25, 0.3) is 0 Å². The van der Waals surface area contributed by atoms with Crippen LogP contribution in [-0.4, -0.2) is 52.5 Å². The van der Waals surface area contributed by atoms with Crippen molar-refractivity contribution in [3.63, 3.8) is 0 Å². The van der Waals surface area contributed by atoms with Crippen LogP contribution in [-0.2, 0) is 11.2 Å². The minimum Gasteiger partial charge on any atom is -0.489 e. The smallest absolute Gasteiger partial charge is 0.412 e. The van der Waals surface area contributed by atoms with Crippen molar-refractivity contribution in [2.45, 2.75) is 50.4 Å². The lowest BCUT2D eigenvalue weighted by molar-refractivity contribution is -0.146. The Labute approximate surface area is 168 Å². The number of halogens is 1. The molecular weight excluding hydrogens is 377 g/mol. The number of alkyl halides is 1. The quantitative estimate of drug-likeness (QED) is 0.824. The van der Waals surface area contributed by atoms with Gasteiger partial charge in [0, 0.05) is 28.9 Å². The Morgan fingerprint density at radius 3 is 2.83 bits per heavy atom. The van der Waals surface area contributed by atoms with Gasteiger partial charge in [-0.25, -0.2) is 9.18 Å². The van der Waals surface area contributed by atoms with E-state index >= 15 is 0 Å². The Kier molecular flexibility index (Phi) is 4.27. The molecule has 1 saturated heterocycles. The minimum absolute atomic E-state index is 0.0231. The third-order valence-electron chi connectivity index (χ3n) is 5.98. The first-order valence-electron chi connectivity index (χ1n) is 10.1. The van der Waals surface area contributed by atoms with Crippen LogP contribution in [0.3, 0.4) is 0 Å². The topological polar surface area (TPSA) is 76.8 Å². The lowest BCUT2D eigenvalue weighted by atomic mass is 9.92. The molecule has 0 radical (unpaired) electrons. The fourth-order valence-electron chi connectivity index (χ4n) is 4.11. The highest BCUT2D eigenvalue weighted by Gasteiger charge is 2.41. The number of carbonyl (C=O) groups is 1. The molecule has 0 unspecified atom stereocenters. The third-order valence-corrected chi connectivity index (χ3v) is 5.98. The van der Waals surface area contributed by atoms with Crippen molar-refractivity contribution in [2.24, 2.45) is 0 Å². The molecule has 8 heteroatoms. The van der Waals surface area contributed by atoms with Gasteiger partial charge < -0.3 is 14.6 Å². The average molecular weight is 401 g/mol. The highest BCUT2D eigenvalue weighted by atomic mass is 19.1. The molecule has 1 aromatic carbocycles. The second-order valence-corrected chi connectivity index (χ2v) is 8.35. The third kappa shape index (κ3) is 3.25.